The SMILES string of the molecule is S=C(NCCN1CCOCC1)NC1CC2CCC1C2. The van der Waals surface area contributed by atoms with Gasteiger partial charge in [0.05, 0.1) is 13.2 Å². The molecule has 3 fully saturated rings. The number of fused-ring (bicyclic) bond motifs is 2. The highest BCUT2D eigenvalue weighted by molar-refractivity contribution is 7.80. The lowest BCUT2D eigenvalue weighted by Gasteiger charge is -2.28. The summed E-state index contributed by atoms with van der Waals surface area (Å²) in [5.74, 6) is 1.85. The van der Waals surface area contributed by atoms with E-state index in [0.29, 0.717) is 6.04 Å². The third kappa shape index (κ3) is 3.58. The van der Waals surface area contributed by atoms with Crippen molar-refractivity contribution in [3.63, 3.8) is 0 Å². The normalized spacial score (nSPS) is 34.4. The summed E-state index contributed by atoms with van der Waals surface area (Å²) in [5, 5.41) is 7.73. The van der Waals surface area contributed by atoms with Crippen LogP contribution in [-0.4, -0.2) is 55.4 Å². The molecule has 2 bridgehead atoms. The van der Waals surface area contributed by atoms with Gasteiger partial charge in [0.15, 0.2) is 5.11 Å². The summed E-state index contributed by atoms with van der Waals surface area (Å²) < 4.78 is 5.34. The predicted octanol–water partition coefficient (Wildman–Crippen LogP) is 0.971. The van der Waals surface area contributed by atoms with Gasteiger partial charge in [-0.15, -0.1) is 0 Å². The molecule has 4 nitrogen and oxygen atoms in total. The fraction of sp³-hybridized carbons (Fsp3) is 0.929. The van der Waals surface area contributed by atoms with Crippen LogP contribution in [0.3, 0.4) is 0 Å². The molecule has 3 rings (SSSR count). The topological polar surface area (TPSA) is 36.5 Å². The van der Waals surface area contributed by atoms with E-state index in [1.54, 1.807) is 0 Å². The number of hydrogen-bond donors (Lipinski definition) is 2. The highest BCUT2D eigenvalue weighted by Crippen LogP contribution is 2.44. The second-order valence-electron chi connectivity index (χ2n) is 6.14. The van der Waals surface area contributed by atoms with Crippen LogP contribution < -0.4 is 10.6 Å². The maximum absolute atomic E-state index is 5.41. The number of rotatable bonds is 4. The summed E-state index contributed by atoms with van der Waals surface area (Å²) in [6.07, 6.45) is 5.60. The van der Waals surface area contributed by atoms with Crippen LogP contribution in [0.2, 0.25) is 0 Å². The van der Waals surface area contributed by atoms with E-state index in [9.17, 15) is 0 Å². The van der Waals surface area contributed by atoms with E-state index in [2.05, 4.69) is 15.5 Å². The zero-order chi connectivity index (χ0) is 13.1. The van der Waals surface area contributed by atoms with E-state index in [-0.39, 0.29) is 0 Å². The number of ether oxygens (including phenoxy) is 1. The first kappa shape index (κ1) is 13.6. The van der Waals surface area contributed by atoms with Crippen LogP contribution >= 0.6 is 12.2 Å². The van der Waals surface area contributed by atoms with E-state index in [1.807, 2.05) is 0 Å². The largest absolute Gasteiger partial charge is 0.379 e. The van der Waals surface area contributed by atoms with Gasteiger partial charge in [-0.2, -0.15) is 0 Å². The van der Waals surface area contributed by atoms with Gasteiger partial charge in [-0.05, 0) is 43.3 Å². The van der Waals surface area contributed by atoms with Crippen molar-refractivity contribution in [2.24, 2.45) is 11.8 Å². The fourth-order valence-electron chi connectivity index (χ4n) is 3.79. The number of nitrogens with zero attached hydrogens (tertiary/aromatic N) is 1. The minimum Gasteiger partial charge on any atom is -0.379 e. The standard InChI is InChI=1S/C14H25N3OS/c19-14(15-3-4-17-5-7-18-8-6-17)16-13-10-11-1-2-12(13)9-11/h11-13H,1-10H2,(H2,15,16,19). The molecule has 0 amide bonds. The molecular formula is C14H25N3OS. The Bertz CT molecular complexity index is 320. The number of morpholine rings is 1. The van der Waals surface area contributed by atoms with Gasteiger partial charge in [0.25, 0.3) is 0 Å². The molecule has 3 atom stereocenters. The molecule has 0 spiro atoms. The summed E-state index contributed by atoms with van der Waals surface area (Å²) in [6.45, 7) is 5.83. The lowest BCUT2D eigenvalue weighted by molar-refractivity contribution is 0.0389. The van der Waals surface area contributed by atoms with Crippen molar-refractivity contribution < 1.29 is 4.74 Å². The van der Waals surface area contributed by atoms with Crippen LogP contribution in [0.25, 0.3) is 0 Å². The maximum Gasteiger partial charge on any atom is 0.166 e. The Hall–Kier alpha value is -0.390. The third-order valence-corrected chi connectivity index (χ3v) is 5.13. The van der Waals surface area contributed by atoms with Gasteiger partial charge in [-0.3, -0.25) is 4.90 Å². The zero-order valence-corrected chi connectivity index (χ0v) is 12.4. The second-order valence-corrected chi connectivity index (χ2v) is 6.54. The Kier molecular flexibility index (Phi) is 4.56. The quantitative estimate of drug-likeness (QED) is 0.752. The average Bonchev–Trinajstić information content (AvgIpc) is 3.02. The van der Waals surface area contributed by atoms with E-state index in [1.165, 1.54) is 25.7 Å². The smallest absolute Gasteiger partial charge is 0.166 e. The summed E-state index contributed by atoms with van der Waals surface area (Å²) in [5.41, 5.74) is 0. The van der Waals surface area contributed by atoms with Crippen LogP contribution in [0.15, 0.2) is 0 Å². The Morgan fingerprint density at radius 3 is 2.74 bits per heavy atom. The van der Waals surface area contributed by atoms with Crippen LogP contribution in [0.5, 0.6) is 0 Å². The molecule has 2 saturated carbocycles. The van der Waals surface area contributed by atoms with Gasteiger partial charge >= 0.3 is 0 Å². The first-order valence-corrected chi connectivity index (χ1v) is 8.06. The van der Waals surface area contributed by atoms with Crippen molar-refractivity contribution in [3.8, 4) is 0 Å². The average molecular weight is 283 g/mol. The van der Waals surface area contributed by atoms with E-state index in [4.69, 9.17) is 17.0 Å². The molecule has 2 aliphatic carbocycles. The van der Waals surface area contributed by atoms with Gasteiger partial charge in [-0.1, -0.05) is 6.42 Å². The van der Waals surface area contributed by atoms with Gasteiger partial charge in [0.2, 0.25) is 0 Å². The van der Waals surface area contributed by atoms with Crippen LogP contribution in [-0.2, 0) is 4.74 Å². The minimum atomic E-state index is 0.641. The molecule has 0 radical (unpaired) electrons. The highest BCUT2D eigenvalue weighted by Gasteiger charge is 2.39. The number of thiocarbonyl (C=S) groups is 1. The third-order valence-electron chi connectivity index (χ3n) is 4.87. The van der Waals surface area contributed by atoms with Crippen molar-refractivity contribution in [2.75, 3.05) is 39.4 Å². The van der Waals surface area contributed by atoms with Crippen LogP contribution in [0, 0.1) is 11.8 Å². The van der Waals surface area contributed by atoms with Crippen molar-refractivity contribution >= 4 is 17.3 Å². The van der Waals surface area contributed by atoms with Crippen LogP contribution in [0.1, 0.15) is 25.7 Å². The summed E-state index contributed by atoms with van der Waals surface area (Å²) in [7, 11) is 0. The molecule has 5 heteroatoms. The molecule has 3 aliphatic rings. The number of nitrogens with one attached hydrogen (secondary N) is 2. The summed E-state index contributed by atoms with van der Waals surface area (Å²) in [4.78, 5) is 2.43. The Balaban J connectivity index is 1.31. The Morgan fingerprint density at radius 2 is 2.05 bits per heavy atom. The first-order valence-electron chi connectivity index (χ1n) is 7.66. The molecule has 3 unspecified atom stereocenters. The summed E-state index contributed by atoms with van der Waals surface area (Å²) in [6, 6.07) is 0.641. The van der Waals surface area contributed by atoms with Crippen molar-refractivity contribution in [1.29, 1.82) is 0 Å². The van der Waals surface area contributed by atoms with Crippen molar-refractivity contribution in [2.45, 2.75) is 31.7 Å². The minimum absolute atomic E-state index is 0.641. The summed E-state index contributed by atoms with van der Waals surface area (Å²) >= 11 is 5.41. The van der Waals surface area contributed by atoms with Crippen LogP contribution in [0.4, 0.5) is 0 Å². The predicted molar refractivity (Wildman–Crippen MR) is 80.2 cm³/mol. The molecule has 0 aromatic carbocycles. The Morgan fingerprint density at radius 1 is 1.21 bits per heavy atom. The fourth-order valence-corrected chi connectivity index (χ4v) is 4.05. The van der Waals surface area contributed by atoms with Gasteiger partial charge in [0.1, 0.15) is 0 Å². The van der Waals surface area contributed by atoms with Crippen molar-refractivity contribution in [1.82, 2.24) is 15.5 Å². The van der Waals surface area contributed by atoms with Gasteiger partial charge in [0, 0.05) is 32.2 Å². The molecule has 2 N–H and O–H groups in total. The molecule has 1 saturated heterocycles. The molecule has 0 aromatic rings. The maximum atomic E-state index is 5.41. The van der Waals surface area contributed by atoms with E-state index < -0.39 is 0 Å². The van der Waals surface area contributed by atoms with Gasteiger partial charge < -0.3 is 15.4 Å². The van der Waals surface area contributed by atoms with E-state index in [0.717, 1.165) is 56.3 Å². The molecule has 1 aliphatic heterocycles. The lowest BCUT2D eigenvalue weighted by atomic mass is 9.96. The lowest BCUT2D eigenvalue weighted by Crippen LogP contribution is -2.47. The zero-order valence-electron chi connectivity index (χ0n) is 11.6. The molecular weight excluding hydrogens is 258 g/mol. The van der Waals surface area contributed by atoms with E-state index >= 15 is 0 Å². The molecule has 0 aromatic heterocycles. The molecule has 1 heterocycles. The number of hydrogen-bond acceptors (Lipinski definition) is 3. The van der Waals surface area contributed by atoms with Gasteiger partial charge in [-0.25, -0.2) is 0 Å². The highest BCUT2D eigenvalue weighted by atomic mass is 32.1. The first-order chi connectivity index (χ1) is 9.31. The van der Waals surface area contributed by atoms with Crippen molar-refractivity contribution in [3.05, 3.63) is 0 Å². The monoisotopic (exact) mass is 283 g/mol. The Labute approximate surface area is 121 Å². The molecule has 108 valence electrons. The second kappa shape index (κ2) is 6.37. The molecule has 19 heavy (non-hydrogen) atoms.